The Morgan fingerprint density at radius 3 is 2.89 bits per heavy atom. The smallest absolute Gasteiger partial charge is 0.0819 e. The van der Waals surface area contributed by atoms with E-state index in [-0.39, 0.29) is 0 Å². The summed E-state index contributed by atoms with van der Waals surface area (Å²) in [5, 5.41) is 14.4. The van der Waals surface area contributed by atoms with Gasteiger partial charge >= 0.3 is 0 Å². The molecule has 0 bridgehead atoms. The van der Waals surface area contributed by atoms with E-state index in [2.05, 4.69) is 26.2 Å². The van der Waals surface area contributed by atoms with Crippen LogP contribution in [0.5, 0.6) is 0 Å². The Kier molecular flexibility index (Phi) is 3.11. The third kappa shape index (κ3) is 2.40. The number of nitrogens with zero attached hydrogens (tertiary/aromatic N) is 1. The predicted molar refractivity (Wildman–Crippen MR) is 81.1 cm³/mol. The summed E-state index contributed by atoms with van der Waals surface area (Å²) in [7, 11) is 0. The Hall–Kier alpha value is -1.33. The highest BCUT2D eigenvalue weighted by Crippen LogP contribution is 2.34. The number of anilines is 2. The van der Waals surface area contributed by atoms with Crippen molar-refractivity contribution >= 4 is 38.2 Å². The van der Waals surface area contributed by atoms with Crippen LogP contribution in [0, 0.1) is 0 Å². The highest BCUT2D eigenvalue weighted by Gasteiger charge is 2.34. The topological polar surface area (TPSA) is 71.2 Å². The molecular formula is C14H16BrN3O. The molecule has 0 saturated heterocycles. The van der Waals surface area contributed by atoms with Gasteiger partial charge in [-0.25, -0.2) is 0 Å². The van der Waals surface area contributed by atoms with Crippen molar-refractivity contribution in [3.05, 3.63) is 28.9 Å². The van der Waals surface area contributed by atoms with Crippen LogP contribution < -0.4 is 11.1 Å². The van der Waals surface area contributed by atoms with Gasteiger partial charge in [0, 0.05) is 16.4 Å². The van der Waals surface area contributed by atoms with Gasteiger partial charge in [0.15, 0.2) is 0 Å². The zero-order valence-corrected chi connectivity index (χ0v) is 12.1. The number of nitrogens with two attached hydrogens (primary N) is 1. The van der Waals surface area contributed by atoms with Gasteiger partial charge in [0.05, 0.1) is 28.7 Å². The first kappa shape index (κ1) is 12.7. The van der Waals surface area contributed by atoms with Crippen molar-refractivity contribution in [1.29, 1.82) is 0 Å². The quantitative estimate of drug-likeness (QED) is 0.812. The van der Waals surface area contributed by atoms with Crippen LogP contribution in [0.2, 0.25) is 0 Å². The number of aliphatic hydroxyl groups is 1. The van der Waals surface area contributed by atoms with Crippen molar-refractivity contribution < 1.29 is 5.11 Å². The Morgan fingerprint density at radius 2 is 2.21 bits per heavy atom. The maximum atomic E-state index is 10.2. The van der Waals surface area contributed by atoms with E-state index in [1.165, 1.54) is 0 Å². The van der Waals surface area contributed by atoms with E-state index in [9.17, 15) is 5.11 Å². The van der Waals surface area contributed by atoms with E-state index in [1.807, 2.05) is 18.2 Å². The number of benzene rings is 1. The molecule has 19 heavy (non-hydrogen) atoms. The van der Waals surface area contributed by atoms with Crippen LogP contribution in [-0.4, -0.2) is 22.2 Å². The van der Waals surface area contributed by atoms with Gasteiger partial charge in [-0.05, 0) is 37.5 Å². The minimum absolute atomic E-state index is 0.531. The second-order valence-corrected chi connectivity index (χ2v) is 6.10. The number of halogens is 1. The number of pyridine rings is 1. The van der Waals surface area contributed by atoms with Gasteiger partial charge in [-0.1, -0.05) is 15.9 Å². The number of fused-ring (bicyclic) bond motifs is 1. The summed E-state index contributed by atoms with van der Waals surface area (Å²) in [4.78, 5) is 4.31. The van der Waals surface area contributed by atoms with Crippen molar-refractivity contribution in [2.24, 2.45) is 0 Å². The van der Waals surface area contributed by atoms with Crippen LogP contribution in [0.1, 0.15) is 19.3 Å². The standard InChI is InChI=1S/C14H16BrN3O/c15-9-2-3-12-10(6-9)13(11(16)7-17-12)18-8-14(19)4-1-5-14/h2-3,6-7,19H,1,4-5,8,16H2,(H,17,18). The molecule has 1 aliphatic carbocycles. The SMILES string of the molecule is Nc1cnc2ccc(Br)cc2c1NCC1(O)CCC1. The molecule has 100 valence electrons. The van der Waals surface area contributed by atoms with Crippen LogP contribution in [0.4, 0.5) is 11.4 Å². The van der Waals surface area contributed by atoms with Crippen molar-refractivity contribution in [2.45, 2.75) is 24.9 Å². The maximum absolute atomic E-state index is 10.2. The second kappa shape index (κ2) is 4.65. The van der Waals surface area contributed by atoms with Crippen molar-refractivity contribution in [2.75, 3.05) is 17.6 Å². The molecule has 1 aromatic carbocycles. The molecule has 0 radical (unpaired) electrons. The van der Waals surface area contributed by atoms with Crippen LogP contribution in [0.15, 0.2) is 28.9 Å². The number of aromatic nitrogens is 1. The molecule has 3 rings (SSSR count). The van der Waals surface area contributed by atoms with E-state index >= 15 is 0 Å². The summed E-state index contributed by atoms with van der Waals surface area (Å²) in [6.45, 7) is 0.531. The zero-order chi connectivity index (χ0) is 13.5. The molecule has 5 heteroatoms. The molecule has 1 saturated carbocycles. The van der Waals surface area contributed by atoms with E-state index < -0.39 is 5.60 Å². The highest BCUT2D eigenvalue weighted by atomic mass is 79.9. The predicted octanol–water partition coefficient (Wildman–Crippen LogP) is 2.91. The fraction of sp³-hybridized carbons (Fsp3) is 0.357. The lowest BCUT2D eigenvalue weighted by molar-refractivity contribution is -0.0201. The zero-order valence-electron chi connectivity index (χ0n) is 10.5. The average Bonchev–Trinajstić information content (AvgIpc) is 2.35. The van der Waals surface area contributed by atoms with E-state index in [4.69, 9.17) is 5.73 Å². The van der Waals surface area contributed by atoms with Crippen molar-refractivity contribution in [3.63, 3.8) is 0 Å². The molecule has 1 fully saturated rings. The number of hydrogen-bond donors (Lipinski definition) is 3. The van der Waals surface area contributed by atoms with Gasteiger partial charge in [-0.15, -0.1) is 0 Å². The first-order chi connectivity index (χ1) is 9.07. The summed E-state index contributed by atoms with van der Waals surface area (Å²) < 4.78 is 0.984. The lowest BCUT2D eigenvalue weighted by atomic mass is 9.80. The Labute approximate surface area is 120 Å². The molecule has 4 nitrogen and oxygen atoms in total. The molecule has 1 aliphatic rings. The van der Waals surface area contributed by atoms with Gasteiger partial charge in [-0.3, -0.25) is 4.98 Å². The van der Waals surface area contributed by atoms with Gasteiger partial charge < -0.3 is 16.2 Å². The summed E-state index contributed by atoms with van der Waals surface area (Å²) in [6.07, 6.45) is 4.46. The fourth-order valence-corrected chi connectivity index (χ4v) is 2.75. The molecule has 0 spiro atoms. The van der Waals surface area contributed by atoms with Crippen molar-refractivity contribution in [1.82, 2.24) is 4.98 Å². The minimum Gasteiger partial charge on any atom is -0.396 e. The molecule has 1 heterocycles. The molecule has 2 aromatic rings. The van der Waals surface area contributed by atoms with Crippen LogP contribution in [0.3, 0.4) is 0 Å². The van der Waals surface area contributed by atoms with E-state index in [1.54, 1.807) is 6.20 Å². The molecule has 0 aliphatic heterocycles. The first-order valence-corrected chi connectivity index (χ1v) is 7.17. The van der Waals surface area contributed by atoms with E-state index in [0.717, 1.165) is 40.3 Å². The monoisotopic (exact) mass is 321 g/mol. The summed E-state index contributed by atoms with van der Waals surface area (Å²) in [6, 6.07) is 5.89. The van der Waals surface area contributed by atoms with Gasteiger partial charge in [-0.2, -0.15) is 0 Å². The normalized spacial score (nSPS) is 17.2. The number of hydrogen-bond acceptors (Lipinski definition) is 4. The molecule has 0 amide bonds. The molecule has 4 N–H and O–H groups in total. The third-order valence-corrected chi connectivity index (χ3v) is 4.23. The Bertz CT molecular complexity index is 620. The molecule has 0 atom stereocenters. The number of nitrogens with one attached hydrogen (secondary N) is 1. The Balaban J connectivity index is 1.96. The van der Waals surface area contributed by atoms with Gasteiger partial charge in [0.25, 0.3) is 0 Å². The third-order valence-electron chi connectivity index (χ3n) is 3.74. The molecular weight excluding hydrogens is 306 g/mol. The van der Waals surface area contributed by atoms with Crippen LogP contribution in [-0.2, 0) is 0 Å². The van der Waals surface area contributed by atoms with Gasteiger partial charge in [0.1, 0.15) is 0 Å². The minimum atomic E-state index is -0.575. The number of nitrogen functional groups attached to an aromatic ring is 1. The maximum Gasteiger partial charge on any atom is 0.0819 e. The summed E-state index contributed by atoms with van der Waals surface area (Å²) >= 11 is 3.46. The van der Waals surface area contributed by atoms with Crippen LogP contribution in [0.25, 0.3) is 10.9 Å². The molecule has 1 aromatic heterocycles. The average molecular weight is 322 g/mol. The summed E-state index contributed by atoms with van der Waals surface area (Å²) in [5.74, 6) is 0. The van der Waals surface area contributed by atoms with Crippen molar-refractivity contribution in [3.8, 4) is 0 Å². The number of rotatable bonds is 3. The highest BCUT2D eigenvalue weighted by molar-refractivity contribution is 9.10. The largest absolute Gasteiger partial charge is 0.396 e. The summed E-state index contributed by atoms with van der Waals surface area (Å²) in [5.41, 5.74) is 7.78. The second-order valence-electron chi connectivity index (χ2n) is 5.18. The molecule has 0 unspecified atom stereocenters. The van der Waals surface area contributed by atoms with Gasteiger partial charge in [0.2, 0.25) is 0 Å². The fourth-order valence-electron chi connectivity index (χ4n) is 2.39. The van der Waals surface area contributed by atoms with E-state index in [0.29, 0.717) is 12.2 Å². The Morgan fingerprint density at radius 1 is 1.42 bits per heavy atom. The first-order valence-electron chi connectivity index (χ1n) is 6.37. The lowest BCUT2D eigenvalue weighted by Gasteiger charge is -2.37. The van der Waals surface area contributed by atoms with Crippen LogP contribution >= 0.6 is 15.9 Å². The lowest BCUT2D eigenvalue weighted by Crippen LogP contribution is -2.43.